The van der Waals surface area contributed by atoms with Crippen LogP contribution in [0.5, 0.6) is 5.75 Å². The third-order valence-corrected chi connectivity index (χ3v) is 5.14. The van der Waals surface area contributed by atoms with Gasteiger partial charge in [0.25, 0.3) is 0 Å². The molecule has 7 heteroatoms. The Morgan fingerprint density at radius 3 is 2.38 bits per heavy atom. The number of tetrazole rings is 1. The van der Waals surface area contributed by atoms with E-state index in [1.54, 1.807) is 7.11 Å². The number of nitrogens with zero attached hydrogens (tertiary/aromatic N) is 5. The molecule has 0 N–H and O–H groups in total. The number of benzene rings is 3. The van der Waals surface area contributed by atoms with Gasteiger partial charge in [0.15, 0.2) is 0 Å². The molecule has 0 saturated carbocycles. The van der Waals surface area contributed by atoms with Gasteiger partial charge in [-0.05, 0) is 34.9 Å². The zero-order valence-corrected chi connectivity index (χ0v) is 18.0. The Balaban J connectivity index is 1.47. The first-order chi connectivity index (χ1) is 15.7. The van der Waals surface area contributed by atoms with E-state index in [2.05, 4.69) is 27.5 Å². The number of hydrogen-bond acceptors (Lipinski definition) is 5. The number of amides is 1. The molecule has 4 rings (SSSR count). The van der Waals surface area contributed by atoms with Crippen LogP contribution in [0.1, 0.15) is 11.1 Å². The summed E-state index contributed by atoms with van der Waals surface area (Å²) >= 11 is 0. The average Bonchev–Trinajstić information content (AvgIpc) is 3.31. The first-order valence-corrected chi connectivity index (χ1v) is 10.5. The van der Waals surface area contributed by atoms with Gasteiger partial charge in [-0.3, -0.25) is 4.79 Å². The number of methoxy groups -OCH3 is 1. The van der Waals surface area contributed by atoms with Crippen LogP contribution in [0, 0.1) is 0 Å². The minimum atomic E-state index is -0.0561. The molecule has 0 fully saturated rings. The largest absolute Gasteiger partial charge is 0.497 e. The molecule has 7 nitrogen and oxygen atoms in total. The SMILES string of the molecule is COc1cccc(-c2nnn(CC(=O)N(CCc3ccccc3)Cc3ccccc3)n2)c1. The van der Waals surface area contributed by atoms with Crippen molar-refractivity contribution in [3.8, 4) is 17.1 Å². The highest BCUT2D eigenvalue weighted by atomic mass is 16.5. The lowest BCUT2D eigenvalue weighted by Crippen LogP contribution is -2.35. The van der Waals surface area contributed by atoms with Gasteiger partial charge < -0.3 is 9.64 Å². The van der Waals surface area contributed by atoms with Crippen molar-refractivity contribution in [2.45, 2.75) is 19.5 Å². The molecule has 162 valence electrons. The molecule has 32 heavy (non-hydrogen) atoms. The maximum Gasteiger partial charge on any atom is 0.246 e. The molecule has 0 aliphatic rings. The van der Waals surface area contributed by atoms with Crippen molar-refractivity contribution < 1.29 is 9.53 Å². The van der Waals surface area contributed by atoms with Crippen LogP contribution in [-0.4, -0.2) is 44.7 Å². The van der Waals surface area contributed by atoms with Crippen LogP contribution in [-0.2, 0) is 24.3 Å². The maximum atomic E-state index is 13.2. The van der Waals surface area contributed by atoms with Crippen molar-refractivity contribution in [3.05, 3.63) is 96.1 Å². The summed E-state index contributed by atoms with van der Waals surface area (Å²) in [6.45, 7) is 1.16. The van der Waals surface area contributed by atoms with E-state index < -0.39 is 0 Å². The lowest BCUT2D eigenvalue weighted by Gasteiger charge is -2.22. The van der Waals surface area contributed by atoms with Crippen molar-refractivity contribution in [1.82, 2.24) is 25.1 Å². The summed E-state index contributed by atoms with van der Waals surface area (Å²) in [5.41, 5.74) is 3.06. The maximum absolute atomic E-state index is 13.2. The molecular formula is C25H25N5O2. The lowest BCUT2D eigenvalue weighted by atomic mass is 10.1. The molecule has 0 aliphatic carbocycles. The summed E-state index contributed by atoms with van der Waals surface area (Å²) < 4.78 is 5.26. The molecule has 0 aliphatic heterocycles. The minimum absolute atomic E-state index is 0.0264. The molecule has 1 heterocycles. The van der Waals surface area contributed by atoms with Crippen molar-refractivity contribution >= 4 is 5.91 Å². The van der Waals surface area contributed by atoms with Gasteiger partial charge in [-0.15, -0.1) is 10.2 Å². The summed E-state index contributed by atoms with van der Waals surface area (Å²) in [5.74, 6) is 1.11. The Hall–Kier alpha value is -4.00. The monoisotopic (exact) mass is 427 g/mol. The minimum Gasteiger partial charge on any atom is -0.497 e. The number of carbonyl (C=O) groups is 1. The second-order valence-corrected chi connectivity index (χ2v) is 7.41. The van der Waals surface area contributed by atoms with Crippen molar-refractivity contribution in [3.63, 3.8) is 0 Å². The normalized spacial score (nSPS) is 10.7. The lowest BCUT2D eigenvalue weighted by molar-refractivity contribution is -0.132. The predicted octanol–water partition coefficient (Wildman–Crippen LogP) is 3.62. The van der Waals surface area contributed by atoms with Gasteiger partial charge in [-0.1, -0.05) is 72.8 Å². The number of hydrogen-bond donors (Lipinski definition) is 0. The van der Waals surface area contributed by atoms with Gasteiger partial charge in [-0.2, -0.15) is 4.80 Å². The van der Waals surface area contributed by atoms with Gasteiger partial charge in [0.2, 0.25) is 11.7 Å². The molecule has 0 spiro atoms. The van der Waals surface area contributed by atoms with E-state index in [1.807, 2.05) is 77.7 Å². The van der Waals surface area contributed by atoms with Gasteiger partial charge in [0.05, 0.1) is 7.11 Å². The standard InChI is InChI=1S/C25H25N5O2/c1-32-23-14-8-13-22(17-23)25-26-28-30(27-25)19-24(31)29(18-21-11-6-3-7-12-21)16-15-20-9-4-2-5-10-20/h2-14,17H,15-16,18-19H2,1H3. The number of rotatable bonds is 9. The molecule has 3 aromatic carbocycles. The average molecular weight is 428 g/mol. The van der Waals surface area contributed by atoms with Crippen LogP contribution in [0.15, 0.2) is 84.9 Å². The van der Waals surface area contributed by atoms with Gasteiger partial charge in [-0.25, -0.2) is 0 Å². The van der Waals surface area contributed by atoms with E-state index in [9.17, 15) is 4.79 Å². The molecule has 1 amide bonds. The molecule has 4 aromatic rings. The fourth-order valence-electron chi connectivity index (χ4n) is 3.41. The van der Waals surface area contributed by atoms with Crippen LogP contribution in [0.3, 0.4) is 0 Å². The van der Waals surface area contributed by atoms with Gasteiger partial charge in [0, 0.05) is 18.7 Å². The Labute approximate surface area is 187 Å². The van der Waals surface area contributed by atoms with Crippen molar-refractivity contribution in [2.75, 3.05) is 13.7 Å². The topological polar surface area (TPSA) is 73.1 Å². The Bertz CT molecular complexity index is 1150. The first-order valence-electron chi connectivity index (χ1n) is 10.5. The highest BCUT2D eigenvalue weighted by molar-refractivity contribution is 5.75. The van der Waals surface area contributed by atoms with E-state index >= 15 is 0 Å². The molecule has 0 radical (unpaired) electrons. The zero-order chi connectivity index (χ0) is 22.2. The van der Waals surface area contributed by atoms with E-state index in [1.165, 1.54) is 10.4 Å². The second-order valence-electron chi connectivity index (χ2n) is 7.41. The fourth-order valence-corrected chi connectivity index (χ4v) is 3.41. The quantitative estimate of drug-likeness (QED) is 0.408. The Morgan fingerprint density at radius 2 is 1.66 bits per heavy atom. The predicted molar refractivity (Wildman–Crippen MR) is 122 cm³/mol. The Morgan fingerprint density at radius 1 is 0.938 bits per heavy atom. The van der Waals surface area contributed by atoms with E-state index in [0.29, 0.717) is 24.7 Å². The van der Waals surface area contributed by atoms with Crippen LogP contribution >= 0.6 is 0 Å². The van der Waals surface area contributed by atoms with E-state index in [4.69, 9.17) is 4.74 Å². The third kappa shape index (κ3) is 5.57. The first kappa shape index (κ1) is 21.2. The van der Waals surface area contributed by atoms with Crippen LogP contribution in [0.25, 0.3) is 11.4 Å². The molecule has 0 saturated heterocycles. The number of ether oxygens (including phenoxy) is 1. The molecule has 1 aromatic heterocycles. The number of carbonyl (C=O) groups excluding carboxylic acids is 1. The van der Waals surface area contributed by atoms with Gasteiger partial charge >= 0.3 is 0 Å². The van der Waals surface area contributed by atoms with Crippen LogP contribution in [0.2, 0.25) is 0 Å². The summed E-state index contributed by atoms with van der Waals surface area (Å²) in [6.07, 6.45) is 0.777. The molecule has 0 atom stereocenters. The molecule has 0 bridgehead atoms. The summed E-state index contributed by atoms with van der Waals surface area (Å²) in [6, 6.07) is 27.6. The fraction of sp³-hybridized carbons (Fsp3) is 0.200. The van der Waals surface area contributed by atoms with Crippen molar-refractivity contribution in [1.29, 1.82) is 0 Å². The third-order valence-electron chi connectivity index (χ3n) is 5.14. The van der Waals surface area contributed by atoms with Crippen LogP contribution < -0.4 is 4.74 Å². The smallest absolute Gasteiger partial charge is 0.246 e. The zero-order valence-electron chi connectivity index (χ0n) is 18.0. The van der Waals surface area contributed by atoms with E-state index in [-0.39, 0.29) is 12.5 Å². The summed E-state index contributed by atoms with van der Waals surface area (Å²) in [5, 5.41) is 12.6. The van der Waals surface area contributed by atoms with Crippen molar-refractivity contribution in [2.24, 2.45) is 0 Å². The van der Waals surface area contributed by atoms with E-state index in [0.717, 1.165) is 17.5 Å². The summed E-state index contributed by atoms with van der Waals surface area (Å²) in [7, 11) is 1.61. The van der Waals surface area contributed by atoms with Crippen LogP contribution in [0.4, 0.5) is 0 Å². The summed E-state index contributed by atoms with van der Waals surface area (Å²) in [4.78, 5) is 16.4. The highest BCUT2D eigenvalue weighted by Crippen LogP contribution is 2.20. The number of aromatic nitrogens is 4. The second kappa shape index (κ2) is 10.3. The molecule has 0 unspecified atom stereocenters. The van der Waals surface area contributed by atoms with Gasteiger partial charge in [0.1, 0.15) is 12.3 Å². The molecular weight excluding hydrogens is 402 g/mol. The Kier molecular flexibility index (Phi) is 6.87. The highest BCUT2D eigenvalue weighted by Gasteiger charge is 2.17.